The minimum atomic E-state index is -3.74. The van der Waals surface area contributed by atoms with Crippen molar-refractivity contribution in [1.82, 2.24) is 4.72 Å². The van der Waals surface area contributed by atoms with Gasteiger partial charge in [0.2, 0.25) is 15.9 Å². The summed E-state index contributed by atoms with van der Waals surface area (Å²) < 4.78 is 27.4. The molecule has 7 heteroatoms. The molecule has 2 N–H and O–H groups in total. The van der Waals surface area contributed by atoms with Crippen molar-refractivity contribution in [2.75, 3.05) is 5.32 Å². The lowest BCUT2D eigenvalue weighted by molar-refractivity contribution is -0.117. The van der Waals surface area contributed by atoms with Crippen LogP contribution in [-0.2, 0) is 21.4 Å². The minimum Gasteiger partial charge on any atom is -0.326 e. The number of sulfonamides is 1. The Morgan fingerprint density at radius 3 is 2.50 bits per heavy atom. The van der Waals surface area contributed by atoms with Gasteiger partial charge in [0.05, 0.1) is 4.90 Å². The van der Waals surface area contributed by atoms with E-state index < -0.39 is 10.0 Å². The Bertz CT molecular complexity index is 950. The topological polar surface area (TPSA) is 92.3 Å². The first-order chi connectivity index (χ1) is 12.3. The summed E-state index contributed by atoms with van der Waals surface area (Å²) in [5.41, 5.74) is 1.72. The van der Waals surface area contributed by atoms with E-state index in [1.807, 2.05) is 0 Å². The summed E-state index contributed by atoms with van der Waals surface area (Å²) in [6, 6.07) is 13.0. The molecule has 3 rings (SSSR count). The van der Waals surface area contributed by atoms with Gasteiger partial charge in [-0.2, -0.15) is 0 Å². The van der Waals surface area contributed by atoms with Crippen LogP contribution >= 0.6 is 0 Å². The number of amides is 1. The van der Waals surface area contributed by atoms with E-state index in [0.717, 1.165) is 18.4 Å². The Balaban J connectivity index is 1.68. The summed E-state index contributed by atoms with van der Waals surface area (Å²) in [5.74, 6) is -0.0874. The second-order valence-corrected chi connectivity index (χ2v) is 8.14. The molecule has 2 aromatic carbocycles. The summed E-state index contributed by atoms with van der Waals surface area (Å²) >= 11 is 0. The van der Waals surface area contributed by atoms with Crippen molar-refractivity contribution in [1.29, 1.82) is 0 Å². The van der Waals surface area contributed by atoms with Gasteiger partial charge >= 0.3 is 0 Å². The molecule has 0 aliphatic heterocycles. The highest BCUT2D eigenvalue weighted by Gasteiger charge is 2.29. The van der Waals surface area contributed by atoms with Gasteiger partial charge in [0, 0.05) is 23.7 Å². The predicted octanol–water partition coefficient (Wildman–Crippen LogP) is 2.72. The van der Waals surface area contributed by atoms with Crippen molar-refractivity contribution in [2.24, 2.45) is 5.92 Å². The van der Waals surface area contributed by atoms with Crippen LogP contribution in [0.5, 0.6) is 0 Å². The average molecular weight is 372 g/mol. The first-order valence-corrected chi connectivity index (χ1v) is 9.84. The van der Waals surface area contributed by atoms with Gasteiger partial charge in [-0.3, -0.25) is 9.59 Å². The minimum absolute atomic E-state index is 0.00350. The van der Waals surface area contributed by atoms with Gasteiger partial charge < -0.3 is 5.32 Å². The molecule has 0 atom stereocenters. The van der Waals surface area contributed by atoms with Crippen LogP contribution in [0.2, 0.25) is 0 Å². The van der Waals surface area contributed by atoms with Gasteiger partial charge in [-0.15, -0.1) is 0 Å². The fourth-order valence-corrected chi connectivity index (χ4v) is 3.56. The van der Waals surface area contributed by atoms with E-state index in [2.05, 4.69) is 10.0 Å². The van der Waals surface area contributed by atoms with E-state index in [1.54, 1.807) is 36.4 Å². The molecular weight excluding hydrogens is 352 g/mol. The molecule has 1 amide bonds. The van der Waals surface area contributed by atoms with Crippen molar-refractivity contribution >= 4 is 27.4 Å². The number of rotatable bonds is 7. The molecule has 1 saturated carbocycles. The van der Waals surface area contributed by atoms with Gasteiger partial charge in [0.15, 0.2) is 5.78 Å². The fraction of sp³-hybridized carbons (Fsp3) is 0.263. The second kappa shape index (κ2) is 7.39. The van der Waals surface area contributed by atoms with Gasteiger partial charge in [-0.1, -0.05) is 24.3 Å². The smallest absolute Gasteiger partial charge is 0.240 e. The van der Waals surface area contributed by atoms with Gasteiger partial charge in [0.1, 0.15) is 0 Å². The maximum atomic E-state index is 12.4. The van der Waals surface area contributed by atoms with Gasteiger partial charge in [-0.05, 0) is 49.6 Å². The van der Waals surface area contributed by atoms with Crippen LogP contribution in [0.3, 0.4) is 0 Å². The van der Waals surface area contributed by atoms with Crippen molar-refractivity contribution in [3.05, 3.63) is 59.7 Å². The first kappa shape index (κ1) is 18.3. The lowest BCUT2D eigenvalue weighted by atomic mass is 10.2. The van der Waals surface area contributed by atoms with Gasteiger partial charge in [-0.25, -0.2) is 13.1 Å². The molecule has 1 fully saturated rings. The Morgan fingerprint density at radius 2 is 1.81 bits per heavy atom. The molecule has 26 heavy (non-hydrogen) atoms. The van der Waals surface area contributed by atoms with Crippen LogP contribution in [0, 0.1) is 5.92 Å². The van der Waals surface area contributed by atoms with E-state index in [1.165, 1.54) is 19.1 Å². The number of Topliss-reactive ketones (excluding diaryl/α,β-unsaturated/α-hetero) is 1. The average Bonchev–Trinajstić information content (AvgIpc) is 3.46. The maximum Gasteiger partial charge on any atom is 0.240 e. The van der Waals surface area contributed by atoms with E-state index >= 15 is 0 Å². The fourth-order valence-electron chi connectivity index (χ4n) is 2.49. The van der Waals surface area contributed by atoms with Crippen LogP contribution < -0.4 is 10.0 Å². The largest absolute Gasteiger partial charge is 0.326 e. The lowest BCUT2D eigenvalue weighted by Gasteiger charge is -2.10. The second-order valence-electron chi connectivity index (χ2n) is 6.37. The van der Waals surface area contributed by atoms with Crippen LogP contribution in [0.4, 0.5) is 5.69 Å². The number of anilines is 1. The Labute approximate surface area is 152 Å². The lowest BCUT2D eigenvalue weighted by Crippen LogP contribution is -2.23. The number of carbonyl (C=O) groups excluding carboxylic acids is 2. The maximum absolute atomic E-state index is 12.4. The van der Waals surface area contributed by atoms with Crippen molar-refractivity contribution in [2.45, 2.75) is 31.2 Å². The summed E-state index contributed by atoms with van der Waals surface area (Å²) in [6.45, 7) is 1.47. The molecule has 0 aromatic heterocycles. The van der Waals surface area contributed by atoms with Crippen LogP contribution in [-0.4, -0.2) is 20.1 Å². The molecule has 0 heterocycles. The zero-order chi connectivity index (χ0) is 18.7. The molecule has 136 valence electrons. The van der Waals surface area contributed by atoms with Crippen molar-refractivity contribution in [3.63, 3.8) is 0 Å². The molecule has 6 nitrogen and oxygen atoms in total. The third-order valence-electron chi connectivity index (χ3n) is 4.16. The molecule has 0 saturated heterocycles. The molecule has 0 bridgehead atoms. The Morgan fingerprint density at radius 1 is 1.08 bits per heavy atom. The van der Waals surface area contributed by atoms with E-state index in [4.69, 9.17) is 0 Å². The molecular formula is C19H20N2O4S. The molecule has 0 unspecified atom stereocenters. The number of ketones is 1. The number of nitrogens with one attached hydrogen (secondary N) is 2. The highest BCUT2D eigenvalue weighted by Crippen LogP contribution is 2.30. The van der Waals surface area contributed by atoms with Crippen LogP contribution in [0.25, 0.3) is 0 Å². The predicted molar refractivity (Wildman–Crippen MR) is 98.3 cm³/mol. The monoisotopic (exact) mass is 372 g/mol. The molecule has 0 spiro atoms. The quantitative estimate of drug-likeness (QED) is 0.731. The highest BCUT2D eigenvalue weighted by atomic mass is 32.2. The number of benzene rings is 2. The highest BCUT2D eigenvalue weighted by molar-refractivity contribution is 7.89. The number of carbonyl (C=O) groups is 2. The molecule has 1 aliphatic carbocycles. The normalized spacial score (nSPS) is 14.0. The summed E-state index contributed by atoms with van der Waals surface area (Å²) in [7, 11) is -3.74. The molecule has 0 radical (unpaired) electrons. The standard InChI is InChI=1S/C19H20N2O4S/c1-13(22)16-5-3-7-18(11-16)26(24,25)20-12-14-4-2-6-17(10-14)21-19(23)15-8-9-15/h2-7,10-11,15,20H,8-9,12H2,1H3,(H,21,23). The van der Waals surface area contributed by atoms with Crippen molar-refractivity contribution in [3.8, 4) is 0 Å². The zero-order valence-electron chi connectivity index (χ0n) is 14.4. The van der Waals surface area contributed by atoms with E-state index in [0.29, 0.717) is 11.3 Å². The van der Waals surface area contributed by atoms with Crippen molar-refractivity contribution < 1.29 is 18.0 Å². The third-order valence-corrected chi connectivity index (χ3v) is 5.56. The zero-order valence-corrected chi connectivity index (χ0v) is 15.2. The summed E-state index contributed by atoms with van der Waals surface area (Å²) in [5, 5.41) is 2.84. The summed E-state index contributed by atoms with van der Waals surface area (Å²) in [6.07, 6.45) is 1.84. The first-order valence-electron chi connectivity index (χ1n) is 8.35. The Kier molecular flexibility index (Phi) is 5.20. The summed E-state index contributed by atoms with van der Waals surface area (Å²) in [4.78, 5) is 23.3. The molecule has 1 aliphatic rings. The van der Waals surface area contributed by atoms with Crippen LogP contribution in [0.15, 0.2) is 53.4 Å². The number of hydrogen-bond donors (Lipinski definition) is 2. The van der Waals surface area contributed by atoms with Crippen LogP contribution in [0.1, 0.15) is 35.7 Å². The van der Waals surface area contributed by atoms with Gasteiger partial charge in [0.25, 0.3) is 0 Å². The van der Waals surface area contributed by atoms with E-state index in [9.17, 15) is 18.0 Å². The SMILES string of the molecule is CC(=O)c1cccc(S(=O)(=O)NCc2cccc(NC(=O)C3CC3)c2)c1. The third kappa shape index (κ3) is 4.56. The number of hydrogen-bond acceptors (Lipinski definition) is 4. The Hall–Kier alpha value is -2.51. The molecule has 2 aromatic rings. The van der Waals surface area contributed by atoms with E-state index in [-0.39, 0.29) is 29.0 Å².